The number of piperidine rings is 1. The summed E-state index contributed by atoms with van der Waals surface area (Å²) in [7, 11) is 0. The van der Waals surface area contributed by atoms with E-state index < -0.39 is 0 Å². The number of hydrazine groups is 1. The van der Waals surface area contributed by atoms with E-state index in [9.17, 15) is 4.79 Å². The number of carbonyl (C=O) groups is 1. The van der Waals surface area contributed by atoms with Gasteiger partial charge in [-0.1, -0.05) is 74.0 Å². The van der Waals surface area contributed by atoms with Gasteiger partial charge in [0.2, 0.25) is 0 Å². The van der Waals surface area contributed by atoms with Gasteiger partial charge in [0.1, 0.15) is 0 Å². The minimum Gasteiger partial charge on any atom is -0.368 e. The Bertz CT molecular complexity index is 1050. The van der Waals surface area contributed by atoms with Crippen molar-refractivity contribution < 1.29 is 4.79 Å². The molecule has 3 aromatic rings. The second kappa shape index (κ2) is 10.3. The van der Waals surface area contributed by atoms with Crippen LogP contribution >= 0.6 is 0 Å². The maximum Gasteiger partial charge on any atom is 0.173 e. The van der Waals surface area contributed by atoms with Crippen LogP contribution in [-0.2, 0) is 0 Å². The van der Waals surface area contributed by atoms with Crippen molar-refractivity contribution in [3.63, 3.8) is 0 Å². The smallest absolute Gasteiger partial charge is 0.173 e. The molecule has 0 aliphatic carbocycles. The van der Waals surface area contributed by atoms with E-state index >= 15 is 0 Å². The summed E-state index contributed by atoms with van der Waals surface area (Å²) in [6.07, 6.45) is 5.02. The Balaban J connectivity index is 0.000000300. The van der Waals surface area contributed by atoms with Crippen molar-refractivity contribution in [1.82, 2.24) is 5.01 Å². The summed E-state index contributed by atoms with van der Waals surface area (Å²) in [5, 5.41) is 4.06. The summed E-state index contributed by atoms with van der Waals surface area (Å²) in [5.41, 5.74) is 3.22. The third-order valence-electron chi connectivity index (χ3n) is 6.75. The summed E-state index contributed by atoms with van der Waals surface area (Å²) < 4.78 is 0. The fourth-order valence-corrected chi connectivity index (χ4v) is 5.12. The number of hydrogen-bond donors (Lipinski definition) is 1. The van der Waals surface area contributed by atoms with Crippen LogP contribution in [0.25, 0.3) is 10.8 Å². The molecule has 5 rings (SSSR count). The Morgan fingerprint density at radius 3 is 2.34 bits per heavy atom. The third kappa shape index (κ3) is 4.57. The predicted molar refractivity (Wildman–Crippen MR) is 134 cm³/mol. The minimum absolute atomic E-state index is 0.103. The number of para-hydroxylation sites is 1. The predicted octanol–water partition coefficient (Wildman–Crippen LogP) is 5.77. The summed E-state index contributed by atoms with van der Waals surface area (Å²) in [6.45, 7) is 7.55. The first-order chi connectivity index (χ1) is 15.6. The number of Topliss-reactive ketones (excluding diaryl/α,β-unsaturated/α-hetero) is 1. The molecule has 0 spiro atoms. The summed E-state index contributed by atoms with van der Waals surface area (Å²) in [5.74, 6) is 5.60. The second-order valence-corrected chi connectivity index (χ2v) is 8.96. The van der Waals surface area contributed by atoms with Crippen LogP contribution in [0.15, 0.2) is 66.7 Å². The fourth-order valence-electron chi connectivity index (χ4n) is 5.12. The molecule has 2 aliphatic rings. The van der Waals surface area contributed by atoms with Crippen molar-refractivity contribution in [2.45, 2.75) is 51.5 Å². The number of anilines is 1. The summed E-state index contributed by atoms with van der Waals surface area (Å²) >= 11 is 0. The highest BCUT2D eigenvalue weighted by Crippen LogP contribution is 2.43. The highest BCUT2D eigenvalue weighted by atomic mass is 16.1. The quantitative estimate of drug-likeness (QED) is 0.422. The van der Waals surface area contributed by atoms with Crippen LogP contribution in [0.2, 0.25) is 0 Å². The monoisotopic (exact) mass is 429 g/mol. The number of rotatable bonds is 4. The van der Waals surface area contributed by atoms with Gasteiger partial charge in [0, 0.05) is 36.9 Å². The van der Waals surface area contributed by atoms with Gasteiger partial charge in [0.25, 0.3) is 0 Å². The molecule has 168 valence electrons. The highest BCUT2D eigenvalue weighted by molar-refractivity contribution is 6.12. The van der Waals surface area contributed by atoms with E-state index in [1.807, 2.05) is 35.3 Å². The van der Waals surface area contributed by atoms with Gasteiger partial charge in [0.05, 0.1) is 5.92 Å². The largest absolute Gasteiger partial charge is 0.368 e. The molecule has 2 atom stereocenters. The van der Waals surface area contributed by atoms with E-state index in [-0.39, 0.29) is 17.7 Å². The maximum absolute atomic E-state index is 13.6. The van der Waals surface area contributed by atoms with Crippen LogP contribution in [0.5, 0.6) is 0 Å². The first kappa shape index (κ1) is 22.5. The topological polar surface area (TPSA) is 49.6 Å². The zero-order valence-corrected chi connectivity index (χ0v) is 19.3. The van der Waals surface area contributed by atoms with Gasteiger partial charge in [-0.25, -0.2) is 5.01 Å². The molecule has 0 amide bonds. The lowest BCUT2D eigenvalue weighted by atomic mass is 9.86. The van der Waals surface area contributed by atoms with Crippen molar-refractivity contribution in [3.8, 4) is 0 Å². The number of fused-ring (bicyclic) bond motifs is 2. The zero-order valence-electron chi connectivity index (χ0n) is 19.3. The molecular weight excluding hydrogens is 394 g/mol. The van der Waals surface area contributed by atoms with Crippen molar-refractivity contribution in [3.05, 3.63) is 77.9 Å². The second-order valence-electron chi connectivity index (χ2n) is 8.96. The van der Waals surface area contributed by atoms with E-state index in [2.05, 4.69) is 55.1 Å². The molecule has 2 heterocycles. The molecule has 1 saturated heterocycles. The van der Waals surface area contributed by atoms with Crippen molar-refractivity contribution >= 4 is 22.2 Å². The van der Waals surface area contributed by atoms with Crippen LogP contribution in [0.1, 0.15) is 61.4 Å². The molecule has 4 heteroatoms. The van der Waals surface area contributed by atoms with E-state index in [4.69, 9.17) is 5.84 Å². The molecule has 1 fully saturated rings. The number of hydrogen-bond acceptors (Lipinski definition) is 4. The Morgan fingerprint density at radius 1 is 0.938 bits per heavy atom. The van der Waals surface area contributed by atoms with Gasteiger partial charge in [-0.15, -0.1) is 0 Å². The molecule has 2 unspecified atom stereocenters. The SMILES string of the molecule is CCCN1c2ccccc2C(C(=O)c2cccc3ccccc23)C1C.NN1CCCCC1. The summed E-state index contributed by atoms with van der Waals surface area (Å²) in [4.78, 5) is 15.9. The standard InChI is InChI=1S/C23H23NO.C5H12N2/c1-3-15-24-16(2)22(20-12-6-7-14-21(20)24)23(25)19-13-8-10-17-9-4-5-11-18(17)19;6-7-4-2-1-3-5-7/h4-14,16,22H,3,15H2,1-2H3;1-6H2. The van der Waals surface area contributed by atoms with Gasteiger partial charge >= 0.3 is 0 Å². The van der Waals surface area contributed by atoms with Crippen LogP contribution < -0.4 is 10.7 Å². The maximum atomic E-state index is 13.6. The average molecular weight is 430 g/mol. The molecule has 0 bridgehead atoms. The Morgan fingerprint density at radius 2 is 1.62 bits per heavy atom. The average Bonchev–Trinajstić information content (AvgIpc) is 3.11. The third-order valence-corrected chi connectivity index (χ3v) is 6.75. The van der Waals surface area contributed by atoms with E-state index in [0.29, 0.717) is 0 Å². The van der Waals surface area contributed by atoms with Crippen LogP contribution in [-0.4, -0.2) is 36.5 Å². The van der Waals surface area contributed by atoms with E-state index in [1.165, 1.54) is 30.5 Å². The van der Waals surface area contributed by atoms with Gasteiger partial charge in [0.15, 0.2) is 5.78 Å². The van der Waals surface area contributed by atoms with Gasteiger partial charge < -0.3 is 4.90 Å². The Hall–Kier alpha value is -2.69. The fraction of sp³-hybridized carbons (Fsp3) is 0.393. The number of ketones is 1. The summed E-state index contributed by atoms with van der Waals surface area (Å²) in [6, 6.07) is 22.8. The molecular formula is C28H35N3O. The van der Waals surface area contributed by atoms with Crippen LogP contribution in [0.4, 0.5) is 5.69 Å². The van der Waals surface area contributed by atoms with Gasteiger partial charge in [-0.05, 0) is 48.6 Å². The van der Waals surface area contributed by atoms with Gasteiger partial charge in [-0.3, -0.25) is 10.6 Å². The molecule has 32 heavy (non-hydrogen) atoms. The normalized spacial score (nSPS) is 20.5. The van der Waals surface area contributed by atoms with Crippen LogP contribution in [0.3, 0.4) is 0 Å². The molecule has 0 aromatic heterocycles. The van der Waals surface area contributed by atoms with E-state index in [1.54, 1.807) is 0 Å². The lowest BCUT2D eigenvalue weighted by Gasteiger charge is -2.26. The molecule has 0 saturated carbocycles. The minimum atomic E-state index is -0.103. The Kier molecular flexibility index (Phi) is 7.23. The van der Waals surface area contributed by atoms with Crippen molar-refractivity contribution in [2.75, 3.05) is 24.5 Å². The highest BCUT2D eigenvalue weighted by Gasteiger charge is 2.39. The first-order valence-electron chi connectivity index (χ1n) is 12.0. The molecule has 4 nitrogen and oxygen atoms in total. The lowest BCUT2D eigenvalue weighted by molar-refractivity contribution is 0.0955. The van der Waals surface area contributed by atoms with E-state index in [0.717, 1.165) is 42.4 Å². The molecule has 2 N–H and O–H groups in total. The van der Waals surface area contributed by atoms with Crippen molar-refractivity contribution in [1.29, 1.82) is 0 Å². The van der Waals surface area contributed by atoms with Crippen LogP contribution in [0, 0.1) is 0 Å². The Labute approximate surface area is 192 Å². The molecule has 2 aliphatic heterocycles. The van der Waals surface area contributed by atoms with Gasteiger partial charge in [-0.2, -0.15) is 0 Å². The number of carbonyl (C=O) groups excluding carboxylic acids is 1. The van der Waals surface area contributed by atoms with Crippen molar-refractivity contribution in [2.24, 2.45) is 5.84 Å². The molecule has 3 aromatic carbocycles. The zero-order chi connectivity index (χ0) is 22.5. The number of benzene rings is 3. The first-order valence-corrected chi connectivity index (χ1v) is 12.0. The number of nitrogens with two attached hydrogens (primary N) is 1. The lowest BCUT2D eigenvalue weighted by Crippen LogP contribution is -2.35. The number of nitrogens with zero attached hydrogens (tertiary/aromatic N) is 2. The molecule has 0 radical (unpaired) electrons.